The van der Waals surface area contributed by atoms with Crippen LogP contribution in [0.2, 0.25) is 0 Å². The van der Waals surface area contributed by atoms with Crippen LogP contribution in [-0.2, 0) is 17.7 Å². The standard InChI is InChI=1S/C23H28N2O6/c1-14(2)24-12-15-10-20(30-9-5-7-29-3)22-16(6-4-8-31-22)21(15)18-11-19(26)17(23(27)28)13-25(18)24/h10-11,13-14H,4-9,12H2,1-3H3,(H,27,28). The summed E-state index contributed by atoms with van der Waals surface area (Å²) in [7, 11) is 1.67. The first-order valence-corrected chi connectivity index (χ1v) is 10.6. The van der Waals surface area contributed by atoms with Crippen LogP contribution in [0.5, 0.6) is 11.5 Å². The van der Waals surface area contributed by atoms with E-state index in [1.807, 2.05) is 29.6 Å². The van der Waals surface area contributed by atoms with Gasteiger partial charge in [-0.2, -0.15) is 0 Å². The lowest BCUT2D eigenvalue weighted by atomic mass is 9.90. The molecule has 8 nitrogen and oxygen atoms in total. The van der Waals surface area contributed by atoms with Crippen LogP contribution in [0.25, 0.3) is 11.3 Å². The molecule has 0 spiro atoms. The van der Waals surface area contributed by atoms with E-state index in [0.29, 0.717) is 37.8 Å². The first-order chi connectivity index (χ1) is 14.9. The number of benzene rings is 1. The van der Waals surface area contributed by atoms with Crippen molar-refractivity contribution in [2.24, 2.45) is 0 Å². The van der Waals surface area contributed by atoms with Gasteiger partial charge in [0, 0.05) is 49.6 Å². The molecule has 0 amide bonds. The maximum atomic E-state index is 12.6. The molecule has 2 aliphatic rings. The highest BCUT2D eigenvalue weighted by Crippen LogP contribution is 2.45. The van der Waals surface area contributed by atoms with Gasteiger partial charge in [-0.1, -0.05) is 0 Å². The Bertz CT molecular complexity index is 1060. The Balaban J connectivity index is 1.88. The zero-order chi connectivity index (χ0) is 22.1. The second-order valence-corrected chi connectivity index (χ2v) is 8.14. The normalized spacial score (nSPS) is 14.5. The number of fused-ring (bicyclic) bond motifs is 5. The van der Waals surface area contributed by atoms with Crippen molar-refractivity contribution in [2.45, 2.75) is 45.7 Å². The number of aromatic carboxylic acids is 1. The van der Waals surface area contributed by atoms with Gasteiger partial charge in [-0.15, -0.1) is 0 Å². The molecule has 0 unspecified atom stereocenters. The van der Waals surface area contributed by atoms with Crippen LogP contribution in [0.4, 0.5) is 0 Å². The number of hydrogen-bond donors (Lipinski definition) is 1. The predicted molar refractivity (Wildman–Crippen MR) is 116 cm³/mol. The van der Waals surface area contributed by atoms with Gasteiger partial charge in [0.1, 0.15) is 5.56 Å². The number of hydrogen-bond acceptors (Lipinski definition) is 6. The average Bonchev–Trinajstić information content (AvgIpc) is 2.75. The molecule has 2 aromatic rings. The second-order valence-electron chi connectivity index (χ2n) is 8.14. The minimum atomic E-state index is -1.22. The van der Waals surface area contributed by atoms with Gasteiger partial charge >= 0.3 is 5.97 Å². The number of rotatable bonds is 7. The van der Waals surface area contributed by atoms with Crippen LogP contribution >= 0.6 is 0 Å². The molecule has 166 valence electrons. The third-order valence-corrected chi connectivity index (χ3v) is 5.72. The largest absolute Gasteiger partial charge is 0.490 e. The van der Waals surface area contributed by atoms with E-state index >= 15 is 0 Å². The maximum Gasteiger partial charge on any atom is 0.341 e. The Hall–Kier alpha value is -3.00. The molecule has 31 heavy (non-hydrogen) atoms. The second kappa shape index (κ2) is 8.63. The van der Waals surface area contributed by atoms with Crippen molar-refractivity contribution in [3.63, 3.8) is 0 Å². The topological polar surface area (TPSA) is 90.2 Å². The summed E-state index contributed by atoms with van der Waals surface area (Å²) in [6.07, 6.45) is 3.90. The average molecular weight is 428 g/mol. The molecular weight excluding hydrogens is 400 g/mol. The molecule has 1 aromatic carbocycles. The van der Waals surface area contributed by atoms with Crippen LogP contribution in [0, 0.1) is 0 Å². The number of nitrogens with zero attached hydrogens (tertiary/aromatic N) is 2. The summed E-state index contributed by atoms with van der Waals surface area (Å²) in [5.74, 6) is 0.216. The molecule has 0 atom stereocenters. The molecule has 4 rings (SSSR count). The summed E-state index contributed by atoms with van der Waals surface area (Å²) >= 11 is 0. The van der Waals surface area contributed by atoms with E-state index in [2.05, 4.69) is 0 Å². The van der Waals surface area contributed by atoms with Crippen LogP contribution in [0.15, 0.2) is 23.1 Å². The molecule has 0 bridgehead atoms. The number of pyridine rings is 1. The van der Waals surface area contributed by atoms with E-state index in [1.165, 1.54) is 12.3 Å². The van der Waals surface area contributed by atoms with Gasteiger partial charge in [-0.3, -0.25) is 9.47 Å². The van der Waals surface area contributed by atoms with Gasteiger partial charge < -0.3 is 24.3 Å². The molecule has 1 N–H and O–H groups in total. The van der Waals surface area contributed by atoms with E-state index in [-0.39, 0.29) is 11.6 Å². The molecule has 0 saturated carbocycles. The molecule has 2 aliphatic heterocycles. The highest BCUT2D eigenvalue weighted by molar-refractivity contribution is 5.88. The zero-order valence-electron chi connectivity index (χ0n) is 18.1. The summed E-state index contributed by atoms with van der Waals surface area (Å²) in [6, 6.07) is 3.53. The summed E-state index contributed by atoms with van der Waals surface area (Å²) in [4.78, 5) is 24.2. The zero-order valence-corrected chi connectivity index (χ0v) is 18.1. The highest BCUT2D eigenvalue weighted by atomic mass is 16.5. The molecule has 0 aliphatic carbocycles. The smallest absolute Gasteiger partial charge is 0.341 e. The molecule has 0 saturated heterocycles. The van der Waals surface area contributed by atoms with Crippen molar-refractivity contribution in [2.75, 3.05) is 31.9 Å². The summed E-state index contributed by atoms with van der Waals surface area (Å²) in [5, 5.41) is 11.5. The Labute approximate surface area is 180 Å². The molecule has 0 radical (unpaired) electrons. The highest BCUT2D eigenvalue weighted by Gasteiger charge is 2.31. The van der Waals surface area contributed by atoms with Crippen molar-refractivity contribution < 1.29 is 24.1 Å². The molecule has 3 heterocycles. The summed E-state index contributed by atoms with van der Waals surface area (Å²) < 4.78 is 19.0. The Morgan fingerprint density at radius 2 is 2.10 bits per heavy atom. The van der Waals surface area contributed by atoms with Gasteiger partial charge in [0.05, 0.1) is 25.5 Å². The lowest BCUT2D eigenvalue weighted by molar-refractivity contribution is 0.0694. The van der Waals surface area contributed by atoms with Crippen LogP contribution in [0.3, 0.4) is 0 Å². The van der Waals surface area contributed by atoms with E-state index in [0.717, 1.165) is 41.7 Å². The summed E-state index contributed by atoms with van der Waals surface area (Å²) in [6.45, 7) is 6.41. The number of aromatic nitrogens is 1. The van der Waals surface area contributed by atoms with Crippen LogP contribution < -0.4 is 19.9 Å². The van der Waals surface area contributed by atoms with Gasteiger partial charge in [0.25, 0.3) is 0 Å². The van der Waals surface area contributed by atoms with Gasteiger partial charge in [0.2, 0.25) is 0 Å². The van der Waals surface area contributed by atoms with E-state index in [1.54, 1.807) is 7.11 Å². The van der Waals surface area contributed by atoms with E-state index in [4.69, 9.17) is 14.2 Å². The first-order valence-electron chi connectivity index (χ1n) is 10.6. The Kier molecular flexibility index (Phi) is 5.91. The first kappa shape index (κ1) is 21.2. The van der Waals surface area contributed by atoms with Crippen molar-refractivity contribution in [3.8, 4) is 22.8 Å². The predicted octanol–water partition coefficient (Wildman–Crippen LogP) is 2.81. The maximum absolute atomic E-state index is 12.6. The monoisotopic (exact) mass is 428 g/mol. The van der Waals surface area contributed by atoms with Gasteiger partial charge in [-0.25, -0.2) is 4.79 Å². The fourth-order valence-electron chi connectivity index (χ4n) is 4.27. The van der Waals surface area contributed by atoms with Gasteiger partial charge in [-0.05, 0) is 38.3 Å². The van der Waals surface area contributed by atoms with Crippen molar-refractivity contribution in [3.05, 3.63) is 45.2 Å². The van der Waals surface area contributed by atoms with Gasteiger partial charge in [0.15, 0.2) is 16.9 Å². The van der Waals surface area contributed by atoms with Crippen molar-refractivity contribution in [1.29, 1.82) is 0 Å². The molecular formula is C23H28N2O6. The minimum Gasteiger partial charge on any atom is -0.490 e. The van der Waals surface area contributed by atoms with Crippen molar-refractivity contribution in [1.82, 2.24) is 4.68 Å². The minimum absolute atomic E-state index is 0.0920. The van der Waals surface area contributed by atoms with Crippen molar-refractivity contribution >= 4 is 5.97 Å². The number of carboxylic acids is 1. The molecule has 8 heteroatoms. The quantitative estimate of drug-likeness (QED) is 0.678. The van der Waals surface area contributed by atoms with E-state index < -0.39 is 11.4 Å². The lowest BCUT2D eigenvalue weighted by Gasteiger charge is -2.39. The third-order valence-electron chi connectivity index (χ3n) is 5.72. The SMILES string of the molecule is COCCCOc1cc2c(c3c1OCCC3)-c1cc(=O)c(C(=O)O)cn1N(C(C)C)C2. The third kappa shape index (κ3) is 3.87. The van der Waals surface area contributed by atoms with Crippen LogP contribution in [-0.4, -0.2) is 48.7 Å². The number of ether oxygens (including phenoxy) is 3. The molecule has 1 aromatic heterocycles. The Morgan fingerprint density at radius 1 is 1.29 bits per heavy atom. The van der Waals surface area contributed by atoms with E-state index in [9.17, 15) is 14.7 Å². The fourth-order valence-corrected chi connectivity index (χ4v) is 4.27. The number of carboxylic acid groups (broad SMARTS) is 1. The summed E-state index contributed by atoms with van der Waals surface area (Å²) in [5.41, 5.74) is 2.97. The Morgan fingerprint density at radius 3 is 2.81 bits per heavy atom. The fraction of sp³-hybridized carbons (Fsp3) is 0.478. The molecule has 0 fully saturated rings. The number of methoxy groups -OCH3 is 1. The van der Waals surface area contributed by atoms with Crippen LogP contribution in [0.1, 0.15) is 48.2 Å². The number of carbonyl (C=O) groups is 1. The lowest BCUT2D eigenvalue weighted by Crippen LogP contribution is -2.44.